The molecule has 0 aromatic heterocycles. The van der Waals surface area contributed by atoms with E-state index in [0.29, 0.717) is 11.7 Å². The summed E-state index contributed by atoms with van der Waals surface area (Å²) in [7, 11) is 1.67. The Morgan fingerprint density at radius 2 is 1.75 bits per heavy atom. The largest absolute Gasteiger partial charge is 0.496 e. The molecule has 5 heteroatoms. The Morgan fingerprint density at radius 1 is 0.969 bits per heavy atom. The topological polar surface area (TPSA) is 56.8 Å². The molecule has 5 nitrogen and oxygen atoms in total. The fourth-order valence-electron chi connectivity index (χ4n) is 4.46. The Balaban J connectivity index is 1.45. The molecule has 1 aliphatic carbocycles. The van der Waals surface area contributed by atoms with Gasteiger partial charge in [0.2, 0.25) is 12.7 Å². The lowest BCUT2D eigenvalue weighted by molar-refractivity contribution is -0.118. The molecular formula is C27H27NO4. The molecule has 5 rings (SSSR count). The van der Waals surface area contributed by atoms with Gasteiger partial charge in [-0.1, -0.05) is 44.2 Å². The van der Waals surface area contributed by atoms with Crippen LogP contribution < -0.4 is 19.5 Å². The minimum absolute atomic E-state index is 0.00428. The van der Waals surface area contributed by atoms with Crippen LogP contribution >= 0.6 is 0 Å². The summed E-state index contributed by atoms with van der Waals surface area (Å²) < 4.78 is 16.6. The van der Waals surface area contributed by atoms with Crippen LogP contribution in [0.1, 0.15) is 43.7 Å². The SMILES string of the molecule is COc1ccc(NC(=O)C2(c3ccc4c(c3)OCO4)CC2)cc1-c1ccccc1C(C)C. The summed E-state index contributed by atoms with van der Waals surface area (Å²) in [5.74, 6) is 2.60. The van der Waals surface area contributed by atoms with Gasteiger partial charge in [-0.2, -0.15) is 0 Å². The van der Waals surface area contributed by atoms with Gasteiger partial charge in [0, 0.05) is 11.3 Å². The van der Waals surface area contributed by atoms with Gasteiger partial charge < -0.3 is 19.5 Å². The first-order valence-corrected chi connectivity index (χ1v) is 11.0. The zero-order valence-corrected chi connectivity index (χ0v) is 18.6. The molecule has 0 saturated heterocycles. The van der Waals surface area contributed by atoms with Crippen molar-refractivity contribution in [3.63, 3.8) is 0 Å². The Hall–Kier alpha value is -3.47. The van der Waals surface area contributed by atoms with Crippen LogP contribution in [0.2, 0.25) is 0 Å². The molecule has 3 aromatic rings. The maximum atomic E-state index is 13.4. The first-order chi connectivity index (χ1) is 15.5. The maximum Gasteiger partial charge on any atom is 0.235 e. The summed E-state index contributed by atoms with van der Waals surface area (Å²) in [6.07, 6.45) is 1.63. The van der Waals surface area contributed by atoms with Gasteiger partial charge in [-0.3, -0.25) is 4.79 Å². The molecule has 0 unspecified atom stereocenters. The molecule has 0 bridgehead atoms. The number of rotatable bonds is 6. The van der Waals surface area contributed by atoms with E-state index in [1.54, 1.807) is 7.11 Å². The number of ether oxygens (including phenoxy) is 3. The van der Waals surface area contributed by atoms with E-state index in [-0.39, 0.29) is 12.7 Å². The Morgan fingerprint density at radius 3 is 2.50 bits per heavy atom. The average molecular weight is 430 g/mol. The molecule has 1 heterocycles. The molecule has 32 heavy (non-hydrogen) atoms. The van der Waals surface area contributed by atoms with Crippen LogP contribution in [-0.2, 0) is 10.2 Å². The number of methoxy groups -OCH3 is 1. The van der Waals surface area contributed by atoms with Crippen LogP contribution in [0.15, 0.2) is 60.7 Å². The van der Waals surface area contributed by atoms with Crippen molar-refractivity contribution in [2.45, 2.75) is 38.0 Å². The van der Waals surface area contributed by atoms with E-state index in [4.69, 9.17) is 14.2 Å². The normalized spacial score (nSPS) is 15.5. The van der Waals surface area contributed by atoms with Crippen molar-refractivity contribution < 1.29 is 19.0 Å². The Labute approximate surface area is 188 Å². The fourth-order valence-corrected chi connectivity index (χ4v) is 4.46. The first kappa shape index (κ1) is 20.4. The minimum atomic E-state index is -0.517. The summed E-state index contributed by atoms with van der Waals surface area (Å²) in [5, 5.41) is 3.15. The van der Waals surface area contributed by atoms with E-state index in [9.17, 15) is 4.79 Å². The number of anilines is 1. The minimum Gasteiger partial charge on any atom is -0.496 e. The van der Waals surface area contributed by atoms with E-state index < -0.39 is 5.41 Å². The van der Waals surface area contributed by atoms with Crippen LogP contribution in [0, 0.1) is 0 Å². The fraction of sp³-hybridized carbons (Fsp3) is 0.296. The molecule has 1 aliphatic heterocycles. The monoisotopic (exact) mass is 429 g/mol. The van der Waals surface area contributed by atoms with E-state index in [1.165, 1.54) is 5.56 Å². The van der Waals surface area contributed by atoms with Gasteiger partial charge in [0.1, 0.15) is 5.75 Å². The third-order valence-electron chi connectivity index (χ3n) is 6.44. The highest BCUT2D eigenvalue weighted by molar-refractivity contribution is 6.02. The summed E-state index contributed by atoms with van der Waals surface area (Å²) in [5.41, 5.74) is 4.55. The van der Waals surface area contributed by atoms with E-state index in [2.05, 4.69) is 37.4 Å². The number of carbonyl (C=O) groups is 1. The lowest BCUT2D eigenvalue weighted by Gasteiger charge is -2.19. The molecule has 164 valence electrons. The number of carbonyl (C=O) groups excluding carboxylic acids is 1. The number of fused-ring (bicyclic) bond motifs is 1. The zero-order chi connectivity index (χ0) is 22.3. The predicted octanol–water partition coefficient (Wildman–Crippen LogP) is 5.88. The molecular weight excluding hydrogens is 402 g/mol. The molecule has 3 aromatic carbocycles. The van der Waals surface area contributed by atoms with Gasteiger partial charge in [-0.25, -0.2) is 0 Å². The van der Waals surface area contributed by atoms with Crippen molar-refractivity contribution in [2.75, 3.05) is 19.2 Å². The second-order valence-corrected chi connectivity index (χ2v) is 8.76. The lowest BCUT2D eigenvalue weighted by atomic mass is 9.91. The third-order valence-corrected chi connectivity index (χ3v) is 6.44. The van der Waals surface area contributed by atoms with Crippen molar-refractivity contribution in [3.8, 4) is 28.4 Å². The van der Waals surface area contributed by atoms with Crippen LogP contribution in [0.4, 0.5) is 5.69 Å². The molecule has 1 N–H and O–H groups in total. The van der Waals surface area contributed by atoms with Crippen LogP contribution in [-0.4, -0.2) is 19.8 Å². The molecule has 0 radical (unpaired) electrons. The highest BCUT2D eigenvalue weighted by atomic mass is 16.7. The zero-order valence-electron chi connectivity index (χ0n) is 18.6. The third kappa shape index (κ3) is 3.48. The van der Waals surface area contributed by atoms with Crippen molar-refractivity contribution >= 4 is 11.6 Å². The van der Waals surface area contributed by atoms with Crippen molar-refractivity contribution in [2.24, 2.45) is 0 Å². The van der Waals surface area contributed by atoms with Crippen LogP contribution in [0.5, 0.6) is 17.2 Å². The molecule has 0 atom stereocenters. The summed E-state index contributed by atoms with van der Waals surface area (Å²) in [6, 6.07) is 20.0. The molecule has 1 amide bonds. The molecule has 0 spiro atoms. The van der Waals surface area contributed by atoms with Crippen LogP contribution in [0.25, 0.3) is 11.1 Å². The predicted molar refractivity (Wildman–Crippen MR) is 125 cm³/mol. The van der Waals surface area contributed by atoms with Gasteiger partial charge in [-0.15, -0.1) is 0 Å². The number of benzene rings is 3. The Bertz CT molecular complexity index is 1180. The van der Waals surface area contributed by atoms with Gasteiger partial charge in [0.15, 0.2) is 11.5 Å². The summed E-state index contributed by atoms with van der Waals surface area (Å²) in [4.78, 5) is 13.4. The van der Waals surface area contributed by atoms with Crippen molar-refractivity contribution in [1.29, 1.82) is 0 Å². The quantitative estimate of drug-likeness (QED) is 0.531. The first-order valence-electron chi connectivity index (χ1n) is 11.0. The standard InChI is InChI=1S/C27H27NO4/c1-17(2)20-6-4-5-7-21(20)22-15-19(9-11-23(22)30-3)28-26(29)27(12-13-27)18-8-10-24-25(14-18)32-16-31-24/h4-11,14-15,17H,12-13,16H2,1-3H3,(H,28,29). The van der Waals surface area contributed by atoms with Gasteiger partial charge in [0.25, 0.3) is 0 Å². The van der Waals surface area contributed by atoms with Crippen LogP contribution in [0.3, 0.4) is 0 Å². The summed E-state index contributed by atoms with van der Waals surface area (Å²) >= 11 is 0. The number of hydrogen-bond acceptors (Lipinski definition) is 4. The van der Waals surface area contributed by atoms with Gasteiger partial charge >= 0.3 is 0 Å². The molecule has 1 saturated carbocycles. The highest BCUT2D eigenvalue weighted by Crippen LogP contribution is 2.51. The Kier molecular flexibility index (Phi) is 5.04. The van der Waals surface area contributed by atoms with E-state index in [1.807, 2.05) is 42.5 Å². The smallest absolute Gasteiger partial charge is 0.235 e. The lowest BCUT2D eigenvalue weighted by Crippen LogP contribution is -2.27. The molecule has 2 aliphatic rings. The van der Waals surface area contributed by atoms with E-state index in [0.717, 1.165) is 46.7 Å². The number of amides is 1. The van der Waals surface area contributed by atoms with E-state index >= 15 is 0 Å². The summed E-state index contributed by atoms with van der Waals surface area (Å²) in [6.45, 7) is 4.59. The average Bonchev–Trinajstić information content (AvgIpc) is 3.50. The number of nitrogens with one attached hydrogen (secondary N) is 1. The van der Waals surface area contributed by atoms with Gasteiger partial charge in [-0.05, 0) is 65.8 Å². The van der Waals surface area contributed by atoms with Crippen molar-refractivity contribution in [3.05, 3.63) is 71.8 Å². The second kappa shape index (κ2) is 7.90. The van der Waals surface area contributed by atoms with Gasteiger partial charge in [0.05, 0.1) is 12.5 Å². The van der Waals surface area contributed by atoms with Crippen molar-refractivity contribution in [1.82, 2.24) is 0 Å². The highest BCUT2D eigenvalue weighted by Gasteiger charge is 2.51. The molecule has 1 fully saturated rings. The number of hydrogen-bond donors (Lipinski definition) is 1. The second-order valence-electron chi connectivity index (χ2n) is 8.76. The maximum absolute atomic E-state index is 13.4.